The number of amides is 1. The second kappa shape index (κ2) is 4.55. The van der Waals surface area contributed by atoms with E-state index in [1.54, 1.807) is 0 Å². The van der Waals surface area contributed by atoms with Crippen LogP contribution in [0.5, 0.6) is 0 Å². The van der Waals surface area contributed by atoms with Crippen LogP contribution in [0.1, 0.15) is 43.0 Å². The zero-order valence-corrected chi connectivity index (χ0v) is 9.49. The van der Waals surface area contributed by atoms with Crippen LogP contribution < -0.4 is 11.1 Å². The average molecular weight is 222 g/mol. The molecule has 1 aliphatic rings. The van der Waals surface area contributed by atoms with Crippen LogP contribution in [0.15, 0.2) is 6.20 Å². The van der Waals surface area contributed by atoms with Gasteiger partial charge >= 0.3 is 0 Å². The highest BCUT2D eigenvalue weighted by atomic mass is 16.1. The van der Waals surface area contributed by atoms with Gasteiger partial charge in [-0.1, -0.05) is 19.8 Å². The number of hydrogen-bond acceptors (Lipinski definition) is 3. The summed E-state index contributed by atoms with van der Waals surface area (Å²) in [5.74, 6) is 0.761. The van der Waals surface area contributed by atoms with Gasteiger partial charge in [0.25, 0.3) is 5.91 Å². The van der Waals surface area contributed by atoms with E-state index in [-0.39, 0.29) is 11.9 Å². The summed E-state index contributed by atoms with van der Waals surface area (Å²) in [4.78, 5) is 11.9. The highest BCUT2D eigenvalue weighted by molar-refractivity contribution is 5.98. The van der Waals surface area contributed by atoms with Crippen LogP contribution in [0.4, 0.5) is 5.82 Å². The Labute approximate surface area is 94.8 Å². The average Bonchev–Trinajstić information content (AvgIpc) is 2.68. The molecule has 2 atom stereocenters. The lowest BCUT2D eigenvalue weighted by Gasteiger charge is -2.29. The molecule has 1 aliphatic carbocycles. The normalized spacial score (nSPS) is 25.3. The summed E-state index contributed by atoms with van der Waals surface area (Å²) in [5.41, 5.74) is 6.04. The Bertz CT molecular complexity index is 374. The van der Waals surface area contributed by atoms with Crippen LogP contribution in [-0.4, -0.2) is 22.1 Å². The topological polar surface area (TPSA) is 83.8 Å². The van der Waals surface area contributed by atoms with E-state index in [1.807, 2.05) is 0 Å². The molecular formula is C11H18N4O. The lowest BCUT2D eigenvalue weighted by Crippen LogP contribution is -2.41. The number of hydrogen-bond donors (Lipinski definition) is 3. The first-order chi connectivity index (χ1) is 7.68. The standard InChI is InChI=1S/C11H18N4O/c1-7-4-2-3-5-9(7)14-11(16)8-6-13-15-10(8)12/h6-7,9H,2-5H2,1H3,(H,14,16)(H3,12,13,15). The van der Waals surface area contributed by atoms with Crippen LogP contribution in [0.3, 0.4) is 0 Å². The maximum atomic E-state index is 11.9. The summed E-state index contributed by atoms with van der Waals surface area (Å²) >= 11 is 0. The summed E-state index contributed by atoms with van der Waals surface area (Å²) < 4.78 is 0. The van der Waals surface area contributed by atoms with Crippen molar-refractivity contribution in [3.63, 3.8) is 0 Å². The van der Waals surface area contributed by atoms with Gasteiger partial charge in [0.05, 0.1) is 6.20 Å². The molecule has 1 amide bonds. The summed E-state index contributed by atoms with van der Waals surface area (Å²) in [6.45, 7) is 2.18. The number of rotatable bonds is 2. The van der Waals surface area contributed by atoms with Gasteiger partial charge in [-0.3, -0.25) is 9.89 Å². The van der Waals surface area contributed by atoms with E-state index in [2.05, 4.69) is 22.4 Å². The number of anilines is 1. The SMILES string of the molecule is CC1CCCCC1NC(=O)c1cn[nH]c1N. The van der Waals surface area contributed by atoms with Gasteiger partial charge in [0.1, 0.15) is 11.4 Å². The van der Waals surface area contributed by atoms with Gasteiger partial charge in [0, 0.05) is 6.04 Å². The minimum absolute atomic E-state index is 0.120. The third-order valence-electron chi connectivity index (χ3n) is 3.34. The third-order valence-corrected chi connectivity index (χ3v) is 3.34. The quantitative estimate of drug-likeness (QED) is 0.705. The molecule has 1 aromatic heterocycles. The van der Waals surface area contributed by atoms with Gasteiger partial charge in [-0.25, -0.2) is 0 Å². The van der Waals surface area contributed by atoms with Crippen molar-refractivity contribution < 1.29 is 4.79 Å². The fraction of sp³-hybridized carbons (Fsp3) is 0.636. The molecular weight excluding hydrogens is 204 g/mol. The van der Waals surface area contributed by atoms with E-state index in [0.29, 0.717) is 17.3 Å². The highest BCUT2D eigenvalue weighted by Crippen LogP contribution is 2.24. The molecule has 0 aliphatic heterocycles. The number of nitrogen functional groups attached to an aromatic ring is 1. The Hall–Kier alpha value is -1.52. The fourth-order valence-corrected chi connectivity index (χ4v) is 2.25. The lowest BCUT2D eigenvalue weighted by atomic mass is 9.86. The highest BCUT2D eigenvalue weighted by Gasteiger charge is 2.24. The number of nitrogens with two attached hydrogens (primary N) is 1. The molecule has 0 bridgehead atoms. The molecule has 4 N–H and O–H groups in total. The molecule has 0 aromatic carbocycles. The number of aromatic nitrogens is 2. The summed E-state index contributed by atoms with van der Waals surface area (Å²) in [5, 5.41) is 9.34. The summed E-state index contributed by atoms with van der Waals surface area (Å²) in [6, 6.07) is 0.274. The van der Waals surface area contributed by atoms with Crippen molar-refractivity contribution >= 4 is 11.7 Å². The number of nitrogens with zero attached hydrogens (tertiary/aromatic N) is 1. The molecule has 0 spiro atoms. The number of carbonyl (C=O) groups is 1. The van der Waals surface area contributed by atoms with Crippen LogP contribution in [0.25, 0.3) is 0 Å². The monoisotopic (exact) mass is 222 g/mol. The third kappa shape index (κ3) is 2.18. The number of aromatic amines is 1. The Kier molecular flexibility index (Phi) is 3.12. The van der Waals surface area contributed by atoms with Crippen LogP contribution in [-0.2, 0) is 0 Å². The van der Waals surface area contributed by atoms with Crippen molar-refractivity contribution in [2.24, 2.45) is 5.92 Å². The molecule has 5 heteroatoms. The number of carbonyl (C=O) groups excluding carboxylic acids is 1. The largest absolute Gasteiger partial charge is 0.383 e. The van der Waals surface area contributed by atoms with Gasteiger partial charge < -0.3 is 11.1 Å². The molecule has 2 unspecified atom stereocenters. The van der Waals surface area contributed by atoms with Crippen molar-refractivity contribution in [2.75, 3.05) is 5.73 Å². The van der Waals surface area contributed by atoms with E-state index in [4.69, 9.17) is 5.73 Å². The number of nitrogens with one attached hydrogen (secondary N) is 2. The number of H-pyrrole nitrogens is 1. The Morgan fingerprint density at radius 2 is 2.31 bits per heavy atom. The Morgan fingerprint density at radius 3 is 2.94 bits per heavy atom. The molecule has 0 saturated heterocycles. The Balaban J connectivity index is 1.99. The second-order valence-electron chi connectivity index (χ2n) is 4.54. The zero-order valence-electron chi connectivity index (χ0n) is 9.49. The van der Waals surface area contributed by atoms with Gasteiger partial charge in [-0.2, -0.15) is 5.10 Å². The van der Waals surface area contributed by atoms with Crippen LogP contribution in [0.2, 0.25) is 0 Å². The van der Waals surface area contributed by atoms with Gasteiger partial charge in [0.2, 0.25) is 0 Å². The summed E-state index contributed by atoms with van der Waals surface area (Å²) in [6.07, 6.45) is 6.17. The van der Waals surface area contributed by atoms with Crippen molar-refractivity contribution in [1.29, 1.82) is 0 Å². The molecule has 0 radical (unpaired) electrons. The van der Waals surface area contributed by atoms with Gasteiger partial charge in [-0.15, -0.1) is 0 Å². The maximum absolute atomic E-state index is 11.9. The molecule has 88 valence electrons. The molecule has 1 heterocycles. The lowest BCUT2D eigenvalue weighted by molar-refractivity contribution is 0.0911. The van der Waals surface area contributed by atoms with E-state index in [9.17, 15) is 4.79 Å². The molecule has 1 fully saturated rings. The zero-order chi connectivity index (χ0) is 11.5. The predicted molar refractivity (Wildman–Crippen MR) is 61.9 cm³/mol. The van der Waals surface area contributed by atoms with E-state index >= 15 is 0 Å². The van der Waals surface area contributed by atoms with Gasteiger partial charge in [-0.05, 0) is 18.8 Å². The molecule has 2 rings (SSSR count). The van der Waals surface area contributed by atoms with Crippen molar-refractivity contribution in [1.82, 2.24) is 15.5 Å². The first-order valence-corrected chi connectivity index (χ1v) is 5.78. The minimum atomic E-state index is -0.120. The van der Waals surface area contributed by atoms with Crippen LogP contribution in [0, 0.1) is 5.92 Å². The van der Waals surface area contributed by atoms with Crippen molar-refractivity contribution in [3.8, 4) is 0 Å². The predicted octanol–water partition coefficient (Wildman–Crippen LogP) is 1.30. The maximum Gasteiger partial charge on any atom is 0.256 e. The van der Waals surface area contributed by atoms with Crippen molar-refractivity contribution in [2.45, 2.75) is 38.6 Å². The Morgan fingerprint density at radius 1 is 1.56 bits per heavy atom. The molecule has 1 saturated carbocycles. The van der Waals surface area contributed by atoms with Crippen LogP contribution >= 0.6 is 0 Å². The minimum Gasteiger partial charge on any atom is -0.383 e. The van der Waals surface area contributed by atoms with E-state index in [1.165, 1.54) is 25.5 Å². The summed E-state index contributed by atoms with van der Waals surface area (Å²) in [7, 11) is 0. The van der Waals surface area contributed by atoms with Crippen molar-refractivity contribution in [3.05, 3.63) is 11.8 Å². The molecule has 16 heavy (non-hydrogen) atoms. The first kappa shape index (κ1) is 11.0. The fourth-order valence-electron chi connectivity index (χ4n) is 2.25. The van der Waals surface area contributed by atoms with E-state index in [0.717, 1.165) is 6.42 Å². The van der Waals surface area contributed by atoms with E-state index < -0.39 is 0 Å². The van der Waals surface area contributed by atoms with Gasteiger partial charge in [0.15, 0.2) is 0 Å². The second-order valence-corrected chi connectivity index (χ2v) is 4.54. The molecule has 5 nitrogen and oxygen atoms in total. The smallest absolute Gasteiger partial charge is 0.256 e. The molecule has 1 aromatic rings. The first-order valence-electron chi connectivity index (χ1n) is 5.78.